The molecule has 0 aliphatic heterocycles. The summed E-state index contributed by atoms with van der Waals surface area (Å²) in [6.45, 7) is 4.90. The summed E-state index contributed by atoms with van der Waals surface area (Å²) in [7, 11) is 1.99. The molecule has 1 aromatic heterocycles. The number of nitrogens with zero attached hydrogens (tertiary/aromatic N) is 5. The largest absolute Gasteiger partial charge is 0.506 e. The first-order chi connectivity index (χ1) is 9.60. The van der Waals surface area contributed by atoms with Crippen LogP contribution in [0.5, 0.6) is 5.75 Å². The number of rotatable bonds is 5. The standard InChI is InChI=1S/C13H17N5OS/c1-4-7-18(3)10-5-6-11(12(19)8-10)15-17-13-16-14-9(2)20-13/h5-6,8,19H,4,7H2,1-3H3. The Morgan fingerprint density at radius 1 is 1.30 bits per heavy atom. The van der Waals surface area contributed by atoms with Gasteiger partial charge in [-0.25, -0.2) is 0 Å². The Morgan fingerprint density at radius 3 is 2.70 bits per heavy atom. The normalized spacial score (nSPS) is 11.2. The molecule has 2 rings (SSSR count). The van der Waals surface area contributed by atoms with E-state index >= 15 is 0 Å². The molecule has 0 unspecified atom stereocenters. The van der Waals surface area contributed by atoms with Crippen LogP contribution in [0.2, 0.25) is 0 Å². The monoisotopic (exact) mass is 291 g/mol. The maximum atomic E-state index is 9.98. The number of benzene rings is 1. The van der Waals surface area contributed by atoms with Crippen LogP contribution in [0.1, 0.15) is 18.4 Å². The molecule has 0 fully saturated rings. The molecule has 0 bridgehead atoms. The van der Waals surface area contributed by atoms with Gasteiger partial charge in [0.05, 0.1) is 0 Å². The van der Waals surface area contributed by atoms with E-state index in [0.29, 0.717) is 10.8 Å². The van der Waals surface area contributed by atoms with E-state index in [0.717, 1.165) is 23.7 Å². The molecule has 6 nitrogen and oxygen atoms in total. The predicted octanol–water partition coefficient (Wildman–Crippen LogP) is 3.81. The van der Waals surface area contributed by atoms with Crippen molar-refractivity contribution >= 4 is 27.8 Å². The number of phenolic OH excluding ortho intramolecular Hbond substituents is 1. The van der Waals surface area contributed by atoms with Crippen molar-refractivity contribution in [2.75, 3.05) is 18.5 Å². The molecule has 0 aliphatic carbocycles. The number of phenols is 1. The van der Waals surface area contributed by atoms with E-state index in [1.807, 2.05) is 20.0 Å². The molecule has 1 heterocycles. The molecule has 1 N–H and O–H groups in total. The van der Waals surface area contributed by atoms with Crippen LogP contribution in [0.25, 0.3) is 0 Å². The second kappa shape index (κ2) is 6.42. The summed E-state index contributed by atoms with van der Waals surface area (Å²) in [5.74, 6) is 0.107. The highest BCUT2D eigenvalue weighted by Crippen LogP contribution is 2.32. The van der Waals surface area contributed by atoms with E-state index in [4.69, 9.17) is 0 Å². The Bertz CT molecular complexity index is 611. The average molecular weight is 291 g/mol. The highest BCUT2D eigenvalue weighted by molar-refractivity contribution is 7.14. The van der Waals surface area contributed by atoms with E-state index in [1.165, 1.54) is 11.3 Å². The minimum atomic E-state index is 0.107. The van der Waals surface area contributed by atoms with Crippen molar-refractivity contribution in [3.63, 3.8) is 0 Å². The van der Waals surface area contributed by atoms with Crippen molar-refractivity contribution in [1.82, 2.24) is 10.2 Å². The molecule has 0 atom stereocenters. The lowest BCUT2D eigenvalue weighted by Crippen LogP contribution is -2.17. The third-order valence-electron chi connectivity index (χ3n) is 2.72. The number of azo groups is 1. The molecule has 0 spiro atoms. The first-order valence-corrected chi connectivity index (χ1v) is 7.17. The lowest BCUT2D eigenvalue weighted by Gasteiger charge is -2.18. The fourth-order valence-electron chi connectivity index (χ4n) is 1.72. The molecule has 0 saturated carbocycles. The number of hydrogen-bond acceptors (Lipinski definition) is 7. The van der Waals surface area contributed by atoms with E-state index in [-0.39, 0.29) is 5.75 Å². The quantitative estimate of drug-likeness (QED) is 0.850. The van der Waals surface area contributed by atoms with Crippen LogP contribution >= 0.6 is 11.3 Å². The van der Waals surface area contributed by atoms with Gasteiger partial charge in [-0.15, -0.1) is 20.4 Å². The molecule has 0 radical (unpaired) electrons. The number of aromatic hydroxyl groups is 1. The maximum absolute atomic E-state index is 9.98. The molecule has 20 heavy (non-hydrogen) atoms. The van der Waals surface area contributed by atoms with Crippen LogP contribution in [0, 0.1) is 6.92 Å². The van der Waals surface area contributed by atoms with E-state index < -0.39 is 0 Å². The lowest BCUT2D eigenvalue weighted by molar-refractivity contribution is 0.476. The highest BCUT2D eigenvalue weighted by Gasteiger charge is 2.06. The summed E-state index contributed by atoms with van der Waals surface area (Å²) >= 11 is 1.35. The van der Waals surface area contributed by atoms with Gasteiger partial charge in [0, 0.05) is 25.3 Å². The Morgan fingerprint density at radius 2 is 2.10 bits per heavy atom. The van der Waals surface area contributed by atoms with E-state index in [1.54, 1.807) is 12.1 Å². The first-order valence-electron chi connectivity index (χ1n) is 6.36. The summed E-state index contributed by atoms with van der Waals surface area (Å²) in [5, 5.41) is 27.0. The number of aromatic nitrogens is 2. The predicted molar refractivity (Wildman–Crippen MR) is 80.5 cm³/mol. The molecule has 0 saturated heterocycles. The number of aryl methyl sites for hydroxylation is 1. The van der Waals surface area contributed by atoms with E-state index in [2.05, 4.69) is 32.2 Å². The lowest BCUT2D eigenvalue weighted by atomic mass is 10.2. The van der Waals surface area contributed by atoms with Crippen LogP contribution in [0.4, 0.5) is 16.5 Å². The molecule has 0 amide bonds. The van der Waals surface area contributed by atoms with Crippen LogP contribution < -0.4 is 4.90 Å². The summed E-state index contributed by atoms with van der Waals surface area (Å²) < 4.78 is 0. The molecule has 7 heteroatoms. The van der Waals surface area contributed by atoms with Crippen LogP contribution in [-0.4, -0.2) is 28.9 Å². The first kappa shape index (κ1) is 14.4. The minimum absolute atomic E-state index is 0.107. The van der Waals surface area contributed by atoms with Crippen molar-refractivity contribution in [2.45, 2.75) is 20.3 Å². The third-order valence-corrected chi connectivity index (χ3v) is 3.44. The Labute approximate surface area is 121 Å². The molecular weight excluding hydrogens is 274 g/mol. The van der Waals surface area contributed by atoms with Crippen LogP contribution in [-0.2, 0) is 0 Å². The van der Waals surface area contributed by atoms with Gasteiger partial charge in [-0.1, -0.05) is 18.3 Å². The SMILES string of the molecule is CCCN(C)c1ccc(N=Nc2nnc(C)s2)c(O)c1. The van der Waals surface area contributed by atoms with Crippen molar-refractivity contribution in [2.24, 2.45) is 10.2 Å². The van der Waals surface area contributed by atoms with Gasteiger partial charge in [-0.2, -0.15) is 0 Å². The van der Waals surface area contributed by atoms with Crippen molar-refractivity contribution < 1.29 is 5.11 Å². The van der Waals surface area contributed by atoms with Gasteiger partial charge in [0.2, 0.25) is 0 Å². The summed E-state index contributed by atoms with van der Waals surface area (Å²) in [6.07, 6.45) is 1.05. The second-order valence-corrected chi connectivity index (χ2v) is 5.56. The van der Waals surface area contributed by atoms with Crippen LogP contribution in [0.3, 0.4) is 0 Å². The second-order valence-electron chi connectivity index (χ2n) is 4.40. The molecule has 0 aliphatic rings. The Hall–Kier alpha value is -2.02. The average Bonchev–Trinajstić information content (AvgIpc) is 2.83. The molecule has 2 aromatic rings. The molecule has 1 aromatic carbocycles. The van der Waals surface area contributed by atoms with Gasteiger partial charge < -0.3 is 10.0 Å². The number of anilines is 1. The zero-order valence-electron chi connectivity index (χ0n) is 11.7. The van der Waals surface area contributed by atoms with Crippen molar-refractivity contribution in [3.8, 4) is 5.75 Å². The van der Waals surface area contributed by atoms with Crippen LogP contribution in [0.15, 0.2) is 28.4 Å². The van der Waals surface area contributed by atoms with Gasteiger partial charge in [0.15, 0.2) is 0 Å². The number of hydrogen-bond donors (Lipinski definition) is 1. The zero-order valence-corrected chi connectivity index (χ0v) is 12.6. The minimum Gasteiger partial charge on any atom is -0.506 e. The van der Waals surface area contributed by atoms with Gasteiger partial charge >= 0.3 is 0 Å². The smallest absolute Gasteiger partial charge is 0.251 e. The van der Waals surface area contributed by atoms with Crippen molar-refractivity contribution in [1.29, 1.82) is 0 Å². The summed E-state index contributed by atoms with van der Waals surface area (Å²) in [6, 6.07) is 5.35. The summed E-state index contributed by atoms with van der Waals surface area (Å²) in [4.78, 5) is 2.08. The molecular formula is C13H17N5OS. The topological polar surface area (TPSA) is 74.0 Å². The Kier molecular flexibility index (Phi) is 4.62. The highest BCUT2D eigenvalue weighted by atomic mass is 32.1. The fourth-order valence-corrected chi connectivity index (χ4v) is 2.23. The fraction of sp³-hybridized carbons (Fsp3) is 0.385. The third kappa shape index (κ3) is 3.51. The summed E-state index contributed by atoms with van der Waals surface area (Å²) in [5.41, 5.74) is 1.38. The van der Waals surface area contributed by atoms with Gasteiger partial charge in [-0.05, 0) is 25.5 Å². The molecule has 106 valence electrons. The van der Waals surface area contributed by atoms with Crippen molar-refractivity contribution in [3.05, 3.63) is 23.2 Å². The maximum Gasteiger partial charge on any atom is 0.251 e. The van der Waals surface area contributed by atoms with Gasteiger partial charge in [-0.3, -0.25) is 0 Å². The van der Waals surface area contributed by atoms with Gasteiger partial charge in [0.1, 0.15) is 16.4 Å². The van der Waals surface area contributed by atoms with E-state index in [9.17, 15) is 5.11 Å². The zero-order chi connectivity index (χ0) is 14.5. The van der Waals surface area contributed by atoms with Gasteiger partial charge in [0.25, 0.3) is 5.13 Å². The Balaban J connectivity index is 2.15.